The predicted octanol–water partition coefficient (Wildman–Crippen LogP) is 2.30. The van der Waals surface area contributed by atoms with Crippen LogP contribution in [-0.4, -0.2) is 48.3 Å². The molecule has 1 rings (SSSR count). The van der Waals surface area contributed by atoms with Crippen LogP contribution in [0.2, 0.25) is 0 Å². The normalized spacial score (nSPS) is 11.0. The summed E-state index contributed by atoms with van der Waals surface area (Å²) in [5.41, 5.74) is 2.61. The van der Waals surface area contributed by atoms with Gasteiger partial charge in [0.25, 0.3) is 5.91 Å². The molecule has 0 aromatic carbocycles. The molecule has 0 bridgehead atoms. The van der Waals surface area contributed by atoms with E-state index in [0.29, 0.717) is 17.8 Å². The fourth-order valence-corrected chi connectivity index (χ4v) is 2.49. The Kier molecular flexibility index (Phi) is 6.62. The molecule has 118 valence electrons. The Bertz CT molecular complexity index is 506. The van der Waals surface area contributed by atoms with Crippen LogP contribution in [0.5, 0.6) is 0 Å². The molecule has 1 aromatic heterocycles. The van der Waals surface area contributed by atoms with E-state index in [0.717, 1.165) is 24.3 Å². The van der Waals surface area contributed by atoms with Crippen LogP contribution in [0.3, 0.4) is 0 Å². The molecule has 0 aliphatic heterocycles. The van der Waals surface area contributed by atoms with Gasteiger partial charge in [-0.15, -0.1) is 0 Å². The Hall–Kier alpha value is -1.62. The highest BCUT2D eigenvalue weighted by Gasteiger charge is 2.19. The first-order chi connectivity index (χ1) is 9.88. The zero-order chi connectivity index (χ0) is 16.0. The third kappa shape index (κ3) is 4.70. The summed E-state index contributed by atoms with van der Waals surface area (Å²) >= 11 is 0. The second kappa shape index (κ2) is 7.98. The lowest BCUT2D eigenvalue weighted by Gasteiger charge is -2.16. The maximum absolute atomic E-state index is 12.2. The third-order valence-corrected chi connectivity index (χ3v) is 3.69. The van der Waals surface area contributed by atoms with E-state index in [1.54, 1.807) is 0 Å². The summed E-state index contributed by atoms with van der Waals surface area (Å²) in [6, 6.07) is 0. The molecule has 21 heavy (non-hydrogen) atoms. The van der Waals surface area contributed by atoms with Gasteiger partial charge in [-0.1, -0.05) is 13.3 Å². The number of aryl methyl sites for hydroxylation is 1. The summed E-state index contributed by atoms with van der Waals surface area (Å²) in [4.78, 5) is 29.0. The maximum Gasteiger partial charge on any atom is 0.268 e. The number of carbonyl (C=O) groups excluding carboxylic acids is 2. The SMILES string of the molecule is CCCCN(C)CCNC(=O)c1[nH]c(C)c(C(C)=O)c1C. The average Bonchev–Trinajstić information content (AvgIpc) is 2.71. The molecular weight excluding hydrogens is 266 g/mol. The van der Waals surface area contributed by atoms with Crippen LogP contribution >= 0.6 is 0 Å². The summed E-state index contributed by atoms with van der Waals surface area (Å²) in [7, 11) is 2.06. The number of hydrogen-bond acceptors (Lipinski definition) is 3. The molecule has 5 nitrogen and oxygen atoms in total. The largest absolute Gasteiger partial charge is 0.354 e. The number of amides is 1. The Balaban J connectivity index is 2.57. The van der Waals surface area contributed by atoms with Crippen molar-refractivity contribution in [3.63, 3.8) is 0 Å². The maximum atomic E-state index is 12.2. The molecule has 0 saturated carbocycles. The third-order valence-electron chi connectivity index (χ3n) is 3.69. The number of hydrogen-bond donors (Lipinski definition) is 2. The Morgan fingerprint density at radius 2 is 1.90 bits per heavy atom. The summed E-state index contributed by atoms with van der Waals surface area (Å²) in [6.45, 7) is 9.78. The highest BCUT2D eigenvalue weighted by molar-refractivity contribution is 6.02. The molecule has 2 N–H and O–H groups in total. The van der Waals surface area contributed by atoms with Gasteiger partial charge < -0.3 is 15.2 Å². The van der Waals surface area contributed by atoms with Gasteiger partial charge in [0.1, 0.15) is 5.69 Å². The first kappa shape index (κ1) is 17.4. The number of aromatic nitrogens is 1. The van der Waals surface area contributed by atoms with Gasteiger partial charge >= 0.3 is 0 Å². The lowest BCUT2D eigenvalue weighted by Crippen LogP contribution is -2.33. The van der Waals surface area contributed by atoms with Gasteiger partial charge in [0.05, 0.1) is 0 Å². The zero-order valence-electron chi connectivity index (χ0n) is 13.8. The number of aromatic amines is 1. The molecule has 1 heterocycles. The molecule has 0 atom stereocenters. The van der Waals surface area contributed by atoms with Crippen LogP contribution in [0, 0.1) is 13.8 Å². The molecule has 1 amide bonds. The molecule has 0 aliphatic rings. The lowest BCUT2D eigenvalue weighted by molar-refractivity contribution is 0.0944. The van der Waals surface area contributed by atoms with Crippen molar-refractivity contribution in [1.82, 2.24) is 15.2 Å². The average molecular weight is 293 g/mol. The van der Waals surface area contributed by atoms with Crippen LogP contribution in [0.4, 0.5) is 0 Å². The molecule has 5 heteroatoms. The molecule has 0 saturated heterocycles. The first-order valence-electron chi connectivity index (χ1n) is 7.55. The van der Waals surface area contributed by atoms with Crippen molar-refractivity contribution in [2.24, 2.45) is 0 Å². The molecule has 0 unspecified atom stereocenters. The van der Waals surface area contributed by atoms with Crippen LogP contribution in [0.15, 0.2) is 0 Å². The number of likely N-dealkylation sites (N-methyl/N-ethyl adjacent to an activating group) is 1. The van der Waals surface area contributed by atoms with Crippen molar-refractivity contribution in [2.75, 3.05) is 26.7 Å². The van der Waals surface area contributed by atoms with Crippen molar-refractivity contribution in [2.45, 2.75) is 40.5 Å². The summed E-state index contributed by atoms with van der Waals surface area (Å²) in [6.07, 6.45) is 2.34. The minimum absolute atomic E-state index is 0.0143. The molecule has 0 fully saturated rings. The fourth-order valence-electron chi connectivity index (χ4n) is 2.49. The number of Topliss-reactive ketones (excluding diaryl/α,β-unsaturated/α-hetero) is 1. The topological polar surface area (TPSA) is 65.2 Å². The Morgan fingerprint density at radius 1 is 1.24 bits per heavy atom. The van der Waals surface area contributed by atoms with E-state index >= 15 is 0 Å². The van der Waals surface area contributed by atoms with Crippen LogP contribution in [0.25, 0.3) is 0 Å². The van der Waals surface area contributed by atoms with Crippen molar-refractivity contribution < 1.29 is 9.59 Å². The second-order valence-electron chi connectivity index (χ2n) is 5.59. The van der Waals surface area contributed by atoms with Gasteiger partial charge in [-0.05, 0) is 46.3 Å². The number of nitrogens with one attached hydrogen (secondary N) is 2. The number of rotatable bonds is 8. The molecular formula is C16H27N3O2. The van der Waals surface area contributed by atoms with E-state index < -0.39 is 0 Å². The van der Waals surface area contributed by atoms with E-state index in [1.807, 2.05) is 13.8 Å². The Labute approximate surface area is 127 Å². The smallest absolute Gasteiger partial charge is 0.268 e. The number of unbranched alkanes of at least 4 members (excludes halogenated alkanes) is 1. The number of carbonyl (C=O) groups is 2. The molecule has 0 aliphatic carbocycles. The quantitative estimate of drug-likeness (QED) is 0.723. The number of nitrogens with zero attached hydrogens (tertiary/aromatic N) is 1. The van der Waals surface area contributed by atoms with Gasteiger partial charge in [-0.2, -0.15) is 0 Å². The Morgan fingerprint density at radius 3 is 2.43 bits per heavy atom. The van der Waals surface area contributed by atoms with E-state index in [1.165, 1.54) is 19.8 Å². The highest BCUT2D eigenvalue weighted by atomic mass is 16.2. The van der Waals surface area contributed by atoms with Gasteiger partial charge in [0, 0.05) is 24.3 Å². The minimum Gasteiger partial charge on any atom is -0.354 e. The standard InChI is InChI=1S/C16H27N3O2/c1-6-7-9-19(5)10-8-17-16(21)15-11(2)14(13(4)20)12(3)18-15/h18H,6-10H2,1-5H3,(H,17,21). The van der Waals surface area contributed by atoms with Crippen LogP contribution < -0.4 is 5.32 Å². The van der Waals surface area contributed by atoms with Gasteiger partial charge in [0.15, 0.2) is 5.78 Å². The van der Waals surface area contributed by atoms with Crippen LogP contribution in [-0.2, 0) is 0 Å². The van der Waals surface area contributed by atoms with E-state index in [2.05, 4.69) is 29.2 Å². The molecule has 1 aromatic rings. The van der Waals surface area contributed by atoms with Gasteiger partial charge in [0.2, 0.25) is 0 Å². The summed E-state index contributed by atoms with van der Waals surface area (Å²) in [5, 5.41) is 2.90. The van der Waals surface area contributed by atoms with Crippen molar-refractivity contribution in [1.29, 1.82) is 0 Å². The zero-order valence-corrected chi connectivity index (χ0v) is 13.8. The minimum atomic E-state index is -0.146. The van der Waals surface area contributed by atoms with Crippen molar-refractivity contribution in [3.05, 3.63) is 22.5 Å². The highest BCUT2D eigenvalue weighted by Crippen LogP contribution is 2.18. The number of H-pyrrole nitrogens is 1. The van der Waals surface area contributed by atoms with Crippen molar-refractivity contribution in [3.8, 4) is 0 Å². The first-order valence-corrected chi connectivity index (χ1v) is 7.55. The second-order valence-corrected chi connectivity index (χ2v) is 5.59. The van der Waals surface area contributed by atoms with Gasteiger partial charge in [-0.3, -0.25) is 9.59 Å². The van der Waals surface area contributed by atoms with E-state index in [9.17, 15) is 9.59 Å². The molecule has 0 radical (unpaired) electrons. The van der Waals surface area contributed by atoms with Crippen LogP contribution in [0.1, 0.15) is 58.8 Å². The van der Waals surface area contributed by atoms with Gasteiger partial charge in [-0.25, -0.2) is 0 Å². The lowest BCUT2D eigenvalue weighted by atomic mass is 10.1. The van der Waals surface area contributed by atoms with E-state index in [-0.39, 0.29) is 11.7 Å². The molecule has 0 spiro atoms. The van der Waals surface area contributed by atoms with E-state index in [4.69, 9.17) is 0 Å². The van der Waals surface area contributed by atoms with Crippen molar-refractivity contribution >= 4 is 11.7 Å². The fraction of sp³-hybridized carbons (Fsp3) is 0.625. The monoisotopic (exact) mass is 293 g/mol. The summed E-state index contributed by atoms with van der Waals surface area (Å²) < 4.78 is 0. The predicted molar refractivity (Wildman–Crippen MR) is 85.0 cm³/mol. The number of ketones is 1. The summed E-state index contributed by atoms with van der Waals surface area (Å²) in [5.74, 6) is -0.161.